The predicted molar refractivity (Wildman–Crippen MR) is 280 cm³/mol. The summed E-state index contributed by atoms with van der Waals surface area (Å²) in [6, 6.07) is 74.4. The summed E-state index contributed by atoms with van der Waals surface area (Å²) < 4.78 is 0. The van der Waals surface area contributed by atoms with Gasteiger partial charge in [0.25, 0.3) is 0 Å². The van der Waals surface area contributed by atoms with Crippen molar-refractivity contribution in [3.8, 4) is 6.07 Å². The second-order valence-electron chi connectivity index (χ2n) is 16.5. The van der Waals surface area contributed by atoms with Gasteiger partial charge in [0, 0.05) is 33.5 Å². The number of nitrogens with zero attached hydrogens (tertiary/aromatic N) is 4. The Morgan fingerprint density at radius 1 is 0.409 bits per heavy atom. The Balaban J connectivity index is 0.914. The van der Waals surface area contributed by atoms with Crippen molar-refractivity contribution < 1.29 is 0 Å². The minimum atomic E-state index is 0.522. The standard InChI is InChI=1S/C62H44N4/c1-43-18-32-51(33-19-43)65(60-16-8-12-47-10-4-6-14-55(47)60)53-36-24-45(25-37-53)22-28-49-30-41-58-57(59(49)42-63)40-31-50(62(58)64-3)29-23-46-26-38-54(39-27-46)66(52-34-20-44(2)21-35-52)61-17-9-13-48-11-5-7-15-56(48)61/h4-41H,1-2H3/b28-22+,29-23+. The first-order valence-electron chi connectivity index (χ1n) is 22.1. The molecule has 0 aliphatic rings. The van der Waals surface area contributed by atoms with Crippen LogP contribution in [0.1, 0.15) is 38.9 Å². The summed E-state index contributed by atoms with van der Waals surface area (Å²) in [4.78, 5) is 8.60. The average Bonchev–Trinajstić information content (AvgIpc) is 3.37. The molecule has 0 atom stereocenters. The number of nitriles is 1. The van der Waals surface area contributed by atoms with Gasteiger partial charge >= 0.3 is 0 Å². The first kappa shape index (κ1) is 41.1. The van der Waals surface area contributed by atoms with E-state index in [1.807, 2.05) is 48.6 Å². The highest BCUT2D eigenvalue weighted by molar-refractivity contribution is 6.04. The largest absolute Gasteiger partial charge is 0.310 e. The van der Waals surface area contributed by atoms with Gasteiger partial charge in [0.15, 0.2) is 0 Å². The first-order valence-corrected chi connectivity index (χ1v) is 22.1. The van der Waals surface area contributed by atoms with Crippen molar-refractivity contribution in [3.05, 3.63) is 257 Å². The molecule has 66 heavy (non-hydrogen) atoms. The maximum absolute atomic E-state index is 10.5. The molecule has 0 N–H and O–H groups in total. The lowest BCUT2D eigenvalue weighted by atomic mass is 9.95. The molecule has 4 heteroatoms. The molecule has 0 unspecified atom stereocenters. The van der Waals surface area contributed by atoms with Crippen LogP contribution in [-0.2, 0) is 0 Å². The van der Waals surface area contributed by atoms with Gasteiger partial charge in [-0.25, -0.2) is 4.85 Å². The summed E-state index contributed by atoms with van der Waals surface area (Å²) in [6.45, 7) is 12.4. The van der Waals surface area contributed by atoms with Crippen LogP contribution in [0.5, 0.6) is 0 Å². The SMILES string of the molecule is [C-]#[N+]c1c(/C=C/c2ccc(N(c3ccc(C)cc3)c3cccc4ccccc34)cc2)ccc2c(C#N)c(/C=C/c3ccc(N(c4ccc(C)cc4)c4cccc5ccccc45)cc3)ccc12. The lowest BCUT2D eigenvalue weighted by Gasteiger charge is -2.27. The molecule has 0 saturated heterocycles. The van der Waals surface area contributed by atoms with Gasteiger partial charge in [0.05, 0.1) is 23.5 Å². The van der Waals surface area contributed by atoms with Crippen molar-refractivity contribution in [1.29, 1.82) is 5.26 Å². The Kier molecular flexibility index (Phi) is 11.2. The number of hydrogen-bond acceptors (Lipinski definition) is 3. The zero-order valence-electron chi connectivity index (χ0n) is 36.7. The van der Waals surface area contributed by atoms with Gasteiger partial charge in [-0.05, 0) is 118 Å². The molecular weight excluding hydrogens is 801 g/mol. The van der Waals surface area contributed by atoms with E-state index in [2.05, 4.69) is 217 Å². The van der Waals surface area contributed by atoms with Crippen molar-refractivity contribution in [2.45, 2.75) is 13.8 Å². The van der Waals surface area contributed by atoms with E-state index in [1.165, 1.54) is 32.7 Å². The highest BCUT2D eigenvalue weighted by atomic mass is 15.1. The molecule has 0 bridgehead atoms. The molecule has 0 aliphatic carbocycles. The van der Waals surface area contributed by atoms with Crippen molar-refractivity contribution in [2.24, 2.45) is 0 Å². The van der Waals surface area contributed by atoms with Crippen LogP contribution in [0.3, 0.4) is 0 Å². The van der Waals surface area contributed by atoms with Gasteiger partial charge in [0.2, 0.25) is 5.69 Å². The third-order valence-corrected chi connectivity index (χ3v) is 12.3. The fourth-order valence-electron chi connectivity index (χ4n) is 8.84. The van der Waals surface area contributed by atoms with Crippen LogP contribution in [0.4, 0.5) is 39.8 Å². The molecule has 10 aromatic rings. The number of hydrogen-bond donors (Lipinski definition) is 0. The van der Waals surface area contributed by atoms with Crippen molar-refractivity contribution in [2.75, 3.05) is 9.80 Å². The molecule has 0 amide bonds. The van der Waals surface area contributed by atoms with E-state index < -0.39 is 0 Å². The van der Waals surface area contributed by atoms with Crippen LogP contribution >= 0.6 is 0 Å². The zero-order chi connectivity index (χ0) is 45.0. The number of rotatable bonds is 10. The molecule has 10 aromatic carbocycles. The van der Waals surface area contributed by atoms with E-state index in [0.717, 1.165) is 67.2 Å². The van der Waals surface area contributed by atoms with Crippen LogP contribution in [0.25, 0.3) is 61.5 Å². The molecule has 0 fully saturated rings. The van der Waals surface area contributed by atoms with Gasteiger partial charge in [-0.2, -0.15) is 5.26 Å². The molecule has 0 saturated carbocycles. The fourth-order valence-corrected chi connectivity index (χ4v) is 8.84. The van der Waals surface area contributed by atoms with Gasteiger partial charge in [0.1, 0.15) is 6.07 Å². The van der Waals surface area contributed by atoms with Crippen molar-refractivity contribution >= 4 is 96.4 Å². The Hall–Kier alpha value is -8.96. The van der Waals surface area contributed by atoms with E-state index in [0.29, 0.717) is 11.3 Å². The highest BCUT2D eigenvalue weighted by Gasteiger charge is 2.17. The number of benzene rings is 10. The Labute approximate surface area is 386 Å². The molecule has 0 radical (unpaired) electrons. The molecule has 0 spiro atoms. The molecular formula is C62H44N4. The Morgan fingerprint density at radius 3 is 1.29 bits per heavy atom. The average molecular weight is 845 g/mol. The van der Waals surface area contributed by atoms with Gasteiger partial charge < -0.3 is 9.80 Å². The predicted octanol–water partition coefficient (Wildman–Crippen LogP) is 17.5. The molecule has 312 valence electrons. The highest BCUT2D eigenvalue weighted by Crippen LogP contribution is 2.41. The van der Waals surface area contributed by atoms with Crippen LogP contribution in [0.2, 0.25) is 0 Å². The molecule has 4 nitrogen and oxygen atoms in total. The third kappa shape index (κ3) is 8.08. The summed E-state index contributed by atoms with van der Waals surface area (Å²) in [5.74, 6) is 0. The second kappa shape index (κ2) is 18.0. The smallest absolute Gasteiger partial charge is 0.202 e. The summed E-state index contributed by atoms with van der Waals surface area (Å²) in [6.07, 6.45) is 8.07. The van der Waals surface area contributed by atoms with E-state index >= 15 is 0 Å². The monoisotopic (exact) mass is 844 g/mol. The quantitative estimate of drug-likeness (QED) is 0.102. The number of aryl methyl sites for hydroxylation is 2. The van der Waals surface area contributed by atoms with E-state index in [9.17, 15) is 5.26 Å². The number of fused-ring (bicyclic) bond motifs is 3. The van der Waals surface area contributed by atoms with E-state index in [1.54, 1.807) is 0 Å². The summed E-state index contributed by atoms with van der Waals surface area (Å²) in [7, 11) is 0. The van der Waals surface area contributed by atoms with Crippen molar-refractivity contribution in [3.63, 3.8) is 0 Å². The Bertz CT molecular complexity index is 3300. The first-order chi connectivity index (χ1) is 32.4. The van der Waals surface area contributed by atoms with Crippen molar-refractivity contribution in [1.82, 2.24) is 0 Å². The maximum atomic E-state index is 10.5. The Morgan fingerprint density at radius 2 is 0.818 bits per heavy atom. The minimum absolute atomic E-state index is 0.522. The summed E-state index contributed by atoms with van der Waals surface area (Å²) in [5, 5.41) is 16.7. The maximum Gasteiger partial charge on any atom is 0.202 e. The van der Waals surface area contributed by atoms with Crippen LogP contribution in [-0.4, -0.2) is 0 Å². The summed E-state index contributed by atoms with van der Waals surface area (Å²) >= 11 is 0. The van der Waals surface area contributed by atoms with E-state index in [-0.39, 0.29) is 0 Å². The van der Waals surface area contributed by atoms with E-state index in [4.69, 9.17) is 6.57 Å². The molecule has 0 aromatic heterocycles. The topological polar surface area (TPSA) is 34.6 Å². The normalized spacial score (nSPS) is 11.3. The van der Waals surface area contributed by atoms with Gasteiger partial charge in [-0.1, -0.05) is 181 Å². The molecule has 0 heterocycles. The second-order valence-corrected chi connectivity index (χ2v) is 16.5. The van der Waals surface area contributed by atoms with Gasteiger partial charge in [-0.3, -0.25) is 0 Å². The lowest BCUT2D eigenvalue weighted by molar-refractivity contribution is 1.29. The van der Waals surface area contributed by atoms with Crippen LogP contribution in [0, 0.1) is 31.8 Å². The summed E-state index contributed by atoms with van der Waals surface area (Å²) in [5.41, 5.74) is 13.6. The fraction of sp³-hybridized carbons (Fsp3) is 0.0323. The zero-order valence-corrected chi connectivity index (χ0v) is 36.7. The van der Waals surface area contributed by atoms with Gasteiger partial charge in [-0.15, -0.1) is 0 Å². The third-order valence-electron chi connectivity index (χ3n) is 12.3. The van der Waals surface area contributed by atoms with Crippen LogP contribution < -0.4 is 9.80 Å². The lowest BCUT2D eigenvalue weighted by Crippen LogP contribution is -2.10. The number of anilines is 6. The molecule has 0 aliphatic heterocycles. The minimum Gasteiger partial charge on any atom is -0.310 e. The van der Waals surface area contributed by atoms with Crippen LogP contribution in [0.15, 0.2) is 206 Å². The molecule has 10 rings (SSSR count).